The van der Waals surface area contributed by atoms with Crippen LogP contribution in [0.2, 0.25) is 5.02 Å². The van der Waals surface area contributed by atoms with Crippen LogP contribution >= 0.6 is 22.9 Å². The predicted octanol–water partition coefficient (Wildman–Crippen LogP) is 2.78. The summed E-state index contributed by atoms with van der Waals surface area (Å²) in [5.74, 6) is -0.0286. The Hall–Kier alpha value is -1.88. The van der Waals surface area contributed by atoms with Gasteiger partial charge in [0.25, 0.3) is 5.91 Å². The molecule has 0 aliphatic heterocycles. The van der Waals surface area contributed by atoms with Crippen molar-refractivity contribution in [3.63, 3.8) is 0 Å². The molecule has 2 rings (SSSR count). The number of carbonyl (C=O) groups excluding carboxylic acids is 1. The van der Waals surface area contributed by atoms with E-state index in [4.69, 9.17) is 21.3 Å². The molecule has 2 heterocycles. The molecule has 0 saturated heterocycles. The predicted molar refractivity (Wildman–Crippen MR) is 80.5 cm³/mol. The number of hydrogen-bond acceptors (Lipinski definition) is 6. The summed E-state index contributed by atoms with van der Waals surface area (Å²) < 4.78 is 5.38. The number of amides is 1. The molecule has 0 radical (unpaired) electrons. The van der Waals surface area contributed by atoms with E-state index in [1.165, 1.54) is 11.3 Å². The van der Waals surface area contributed by atoms with Gasteiger partial charge in [0.1, 0.15) is 12.1 Å². The monoisotopic (exact) mass is 324 g/mol. The van der Waals surface area contributed by atoms with Gasteiger partial charge >= 0.3 is 0 Å². The fourth-order valence-corrected chi connectivity index (χ4v) is 2.70. The highest BCUT2D eigenvalue weighted by molar-refractivity contribution is 7.13. The fourth-order valence-electron chi connectivity index (χ4n) is 1.78. The number of carbonyl (C=O) groups is 1. The number of nitrogens with one attached hydrogen (secondary N) is 2. The molecule has 8 heteroatoms. The number of aromatic nitrogens is 1. The van der Waals surface area contributed by atoms with Crippen LogP contribution in [0.1, 0.15) is 28.8 Å². The zero-order valence-electron chi connectivity index (χ0n) is 11.7. The van der Waals surface area contributed by atoms with Crippen LogP contribution in [0, 0.1) is 25.2 Å². The van der Waals surface area contributed by atoms with Gasteiger partial charge in [0.15, 0.2) is 10.9 Å². The van der Waals surface area contributed by atoms with E-state index in [1.54, 1.807) is 14.0 Å². The Labute approximate surface area is 130 Å². The summed E-state index contributed by atoms with van der Waals surface area (Å²) in [6, 6.07) is 1.10. The number of nitriles is 1. The molecule has 0 saturated carbocycles. The van der Waals surface area contributed by atoms with Crippen molar-refractivity contribution in [1.82, 2.24) is 10.3 Å². The van der Waals surface area contributed by atoms with Gasteiger partial charge in [-0.1, -0.05) is 11.6 Å². The molecule has 1 atom stereocenters. The lowest BCUT2D eigenvalue weighted by atomic mass is 10.2. The summed E-state index contributed by atoms with van der Waals surface area (Å²) in [5.41, 5.74) is 1.35. The minimum Gasteiger partial charge on any atom is -0.446 e. The average molecular weight is 325 g/mol. The van der Waals surface area contributed by atoms with E-state index in [0.29, 0.717) is 10.7 Å². The van der Waals surface area contributed by atoms with Crippen molar-refractivity contribution in [3.8, 4) is 6.07 Å². The standard InChI is InChI=1S/C13H13ClN4O2S/c1-6-5-21-13(17-6)18-12(19)10(16-3)11-9(14)7(2)8(4-15)20-11/h5,10,16H,1-3H3,(H,17,18,19). The van der Waals surface area contributed by atoms with Gasteiger partial charge in [0.05, 0.1) is 10.7 Å². The lowest BCUT2D eigenvalue weighted by Gasteiger charge is -2.13. The molecular weight excluding hydrogens is 312 g/mol. The van der Waals surface area contributed by atoms with E-state index in [0.717, 1.165) is 5.69 Å². The first-order valence-corrected chi connectivity index (χ1v) is 7.32. The first-order valence-electron chi connectivity index (χ1n) is 6.07. The van der Waals surface area contributed by atoms with Crippen LogP contribution in [0.3, 0.4) is 0 Å². The number of furan rings is 1. The van der Waals surface area contributed by atoms with Crippen molar-refractivity contribution in [2.45, 2.75) is 19.9 Å². The van der Waals surface area contributed by atoms with E-state index >= 15 is 0 Å². The maximum atomic E-state index is 12.3. The topological polar surface area (TPSA) is 90.9 Å². The van der Waals surface area contributed by atoms with Crippen molar-refractivity contribution >= 4 is 34.0 Å². The molecule has 2 aromatic rings. The number of anilines is 1. The van der Waals surface area contributed by atoms with Gasteiger partial charge in [-0.25, -0.2) is 4.98 Å². The summed E-state index contributed by atoms with van der Waals surface area (Å²) >= 11 is 7.47. The molecule has 1 unspecified atom stereocenters. The summed E-state index contributed by atoms with van der Waals surface area (Å²) in [5, 5.41) is 17.1. The summed E-state index contributed by atoms with van der Waals surface area (Å²) in [7, 11) is 1.61. The fraction of sp³-hybridized carbons (Fsp3) is 0.308. The molecule has 2 aromatic heterocycles. The van der Waals surface area contributed by atoms with Crippen molar-refractivity contribution in [3.05, 3.63) is 33.2 Å². The average Bonchev–Trinajstić information content (AvgIpc) is 2.97. The summed E-state index contributed by atoms with van der Waals surface area (Å²) in [4.78, 5) is 16.5. The first kappa shape index (κ1) is 15.5. The van der Waals surface area contributed by atoms with Crippen LogP contribution in [0.5, 0.6) is 0 Å². The molecule has 21 heavy (non-hydrogen) atoms. The Bertz CT molecular complexity index is 716. The molecule has 110 valence electrons. The largest absolute Gasteiger partial charge is 0.446 e. The first-order chi connectivity index (χ1) is 9.97. The molecule has 0 bridgehead atoms. The number of thiazole rings is 1. The highest BCUT2D eigenvalue weighted by atomic mass is 35.5. The third kappa shape index (κ3) is 3.08. The van der Waals surface area contributed by atoms with Gasteiger partial charge in [-0.3, -0.25) is 4.79 Å². The van der Waals surface area contributed by atoms with Crippen LogP contribution < -0.4 is 10.6 Å². The zero-order chi connectivity index (χ0) is 15.6. The summed E-state index contributed by atoms with van der Waals surface area (Å²) in [6.07, 6.45) is 0. The minimum atomic E-state index is -0.803. The molecule has 0 spiro atoms. The van der Waals surface area contributed by atoms with E-state index in [1.807, 2.05) is 18.4 Å². The SMILES string of the molecule is CNC(C(=O)Nc1nc(C)cs1)c1oc(C#N)c(C)c1Cl. The third-order valence-corrected chi connectivity index (χ3v) is 4.21. The number of rotatable bonds is 4. The maximum Gasteiger partial charge on any atom is 0.251 e. The third-order valence-electron chi connectivity index (χ3n) is 2.86. The smallest absolute Gasteiger partial charge is 0.251 e. The second-order valence-corrected chi connectivity index (χ2v) is 5.59. The van der Waals surface area contributed by atoms with E-state index in [-0.39, 0.29) is 22.5 Å². The molecule has 0 aliphatic carbocycles. The van der Waals surface area contributed by atoms with Crippen molar-refractivity contribution < 1.29 is 9.21 Å². The Kier molecular flexibility index (Phi) is 4.63. The van der Waals surface area contributed by atoms with Crippen molar-refractivity contribution in [2.75, 3.05) is 12.4 Å². The highest BCUT2D eigenvalue weighted by Crippen LogP contribution is 2.32. The molecule has 0 aromatic carbocycles. The second kappa shape index (κ2) is 6.26. The Balaban J connectivity index is 2.27. The Morgan fingerprint density at radius 3 is 2.76 bits per heavy atom. The van der Waals surface area contributed by atoms with E-state index in [9.17, 15) is 4.79 Å². The molecular formula is C13H13ClN4O2S. The summed E-state index contributed by atoms with van der Waals surface area (Å²) in [6.45, 7) is 3.51. The number of halogens is 1. The normalized spacial score (nSPS) is 12.0. The van der Waals surface area contributed by atoms with Gasteiger partial charge in [-0.05, 0) is 20.9 Å². The molecule has 0 fully saturated rings. The van der Waals surface area contributed by atoms with Crippen molar-refractivity contribution in [1.29, 1.82) is 5.26 Å². The number of nitrogens with zero attached hydrogens (tertiary/aromatic N) is 2. The number of hydrogen-bond donors (Lipinski definition) is 2. The highest BCUT2D eigenvalue weighted by Gasteiger charge is 2.28. The van der Waals surface area contributed by atoms with Crippen LogP contribution in [-0.4, -0.2) is 17.9 Å². The van der Waals surface area contributed by atoms with Gasteiger partial charge in [0, 0.05) is 10.9 Å². The molecule has 1 amide bonds. The maximum absolute atomic E-state index is 12.3. The van der Waals surface area contributed by atoms with Gasteiger partial charge in [0.2, 0.25) is 5.76 Å². The molecule has 6 nitrogen and oxygen atoms in total. The zero-order valence-corrected chi connectivity index (χ0v) is 13.2. The van der Waals surface area contributed by atoms with E-state index in [2.05, 4.69) is 15.6 Å². The second-order valence-electron chi connectivity index (χ2n) is 4.35. The molecule has 2 N–H and O–H groups in total. The van der Waals surface area contributed by atoms with Crippen LogP contribution in [0.25, 0.3) is 0 Å². The molecule has 0 aliphatic rings. The van der Waals surface area contributed by atoms with Gasteiger partial charge in [-0.2, -0.15) is 5.26 Å². The van der Waals surface area contributed by atoms with Gasteiger partial charge < -0.3 is 15.1 Å². The minimum absolute atomic E-state index is 0.105. The Morgan fingerprint density at radius 1 is 1.57 bits per heavy atom. The van der Waals surface area contributed by atoms with Crippen molar-refractivity contribution in [2.24, 2.45) is 0 Å². The lowest BCUT2D eigenvalue weighted by molar-refractivity contribution is -0.118. The Morgan fingerprint density at radius 2 is 2.29 bits per heavy atom. The quantitative estimate of drug-likeness (QED) is 0.902. The van der Waals surface area contributed by atoms with Crippen LogP contribution in [-0.2, 0) is 4.79 Å². The number of likely N-dealkylation sites (N-methyl/N-ethyl adjacent to an activating group) is 1. The van der Waals surface area contributed by atoms with Crippen LogP contribution in [0.4, 0.5) is 5.13 Å². The number of aryl methyl sites for hydroxylation is 1. The van der Waals surface area contributed by atoms with Gasteiger partial charge in [-0.15, -0.1) is 11.3 Å². The lowest BCUT2D eigenvalue weighted by Crippen LogP contribution is -2.30. The van der Waals surface area contributed by atoms with Crippen LogP contribution in [0.15, 0.2) is 9.80 Å². The van der Waals surface area contributed by atoms with E-state index < -0.39 is 6.04 Å².